The van der Waals surface area contributed by atoms with Crippen LogP contribution in [0.15, 0.2) is 24.3 Å². The number of hydrogen-bond donors (Lipinski definition) is 2. The van der Waals surface area contributed by atoms with Crippen LogP contribution in [0.4, 0.5) is 0 Å². The second kappa shape index (κ2) is 3.81. The van der Waals surface area contributed by atoms with Gasteiger partial charge in [0.05, 0.1) is 0 Å². The number of aliphatic hydroxyl groups is 1. The Balaban J connectivity index is 2.27. The summed E-state index contributed by atoms with van der Waals surface area (Å²) < 4.78 is 0. The Labute approximate surface area is 88.5 Å². The molecule has 1 heterocycles. The first-order chi connectivity index (χ1) is 7.15. The SMILES string of the molecule is CCCC(N)(O)C1OOc2ccccc21. The van der Waals surface area contributed by atoms with E-state index in [1.807, 2.05) is 25.1 Å². The Morgan fingerprint density at radius 2 is 2.20 bits per heavy atom. The van der Waals surface area contributed by atoms with Gasteiger partial charge in [-0.3, -0.25) is 0 Å². The number of benzene rings is 1. The predicted octanol–water partition coefficient (Wildman–Crippen LogP) is 1.50. The van der Waals surface area contributed by atoms with Gasteiger partial charge in [-0.25, -0.2) is 0 Å². The summed E-state index contributed by atoms with van der Waals surface area (Å²) in [5.74, 6) is 0.627. The van der Waals surface area contributed by atoms with Crippen LogP contribution < -0.4 is 10.6 Å². The number of nitrogens with two attached hydrogens (primary N) is 1. The van der Waals surface area contributed by atoms with Crippen LogP contribution in [0.2, 0.25) is 0 Å². The standard InChI is InChI=1S/C11H15NO3/c1-2-7-11(12,13)10-8-5-3-4-6-9(8)14-15-10/h3-6,10,13H,2,7,12H2,1H3. The van der Waals surface area contributed by atoms with E-state index >= 15 is 0 Å². The van der Waals surface area contributed by atoms with E-state index in [9.17, 15) is 5.11 Å². The molecule has 2 unspecified atom stereocenters. The van der Waals surface area contributed by atoms with Crippen molar-refractivity contribution >= 4 is 0 Å². The first kappa shape index (κ1) is 10.4. The van der Waals surface area contributed by atoms with E-state index in [-0.39, 0.29) is 0 Å². The summed E-state index contributed by atoms with van der Waals surface area (Å²) >= 11 is 0. The van der Waals surface area contributed by atoms with Gasteiger partial charge in [-0.05, 0) is 12.5 Å². The van der Waals surface area contributed by atoms with Gasteiger partial charge < -0.3 is 15.7 Å². The van der Waals surface area contributed by atoms with Crippen LogP contribution in [-0.2, 0) is 4.89 Å². The fourth-order valence-corrected chi connectivity index (χ4v) is 1.81. The van der Waals surface area contributed by atoms with Gasteiger partial charge >= 0.3 is 0 Å². The summed E-state index contributed by atoms with van der Waals surface area (Å²) in [6.07, 6.45) is 0.651. The molecule has 15 heavy (non-hydrogen) atoms. The minimum Gasteiger partial charge on any atom is -0.373 e. The minimum atomic E-state index is -1.37. The molecule has 4 heteroatoms. The first-order valence-corrected chi connectivity index (χ1v) is 5.08. The average Bonchev–Trinajstić information content (AvgIpc) is 2.61. The quantitative estimate of drug-likeness (QED) is 0.585. The maximum Gasteiger partial charge on any atom is 0.175 e. The zero-order chi connectivity index (χ0) is 10.9. The maximum atomic E-state index is 10.0. The fraction of sp³-hybridized carbons (Fsp3) is 0.455. The molecule has 4 nitrogen and oxygen atoms in total. The van der Waals surface area contributed by atoms with Gasteiger partial charge in [-0.2, -0.15) is 4.89 Å². The van der Waals surface area contributed by atoms with Crippen molar-refractivity contribution in [1.82, 2.24) is 0 Å². The van der Waals surface area contributed by atoms with Crippen LogP contribution in [0, 0.1) is 0 Å². The second-order valence-electron chi connectivity index (χ2n) is 3.84. The molecule has 0 aromatic heterocycles. The Bertz CT molecular complexity index is 351. The summed E-state index contributed by atoms with van der Waals surface area (Å²) in [6, 6.07) is 7.35. The van der Waals surface area contributed by atoms with Crippen molar-refractivity contribution in [2.45, 2.75) is 31.6 Å². The van der Waals surface area contributed by atoms with Gasteiger partial charge in [0.25, 0.3) is 0 Å². The van der Waals surface area contributed by atoms with Crippen molar-refractivity contribution in [1.29, 1.82) is 0 Å². The third kappa shape index (κ3) is 1.84. The van der Waals surface area contributed by atoms with Crippen LogP contribution in [0.25, 0.3) is 0 Å². The molecular weight excluding hydrogens is 194 g/mol. The smallest absolute Gasteiger partial charge is 0.175 e. The van der Waals surface area contributed by atoms with E-state index in [4.69, 9.17) is 15.5 Å². The molecule has 1 aliphatic rings. The van der Waals surface area contributed by atoms with Crippen LogP contribution in [0.5, 0.6) is 5.75 Å². The second-order valence-corrected chi connectivity index (χ2v) is 3.84. The summed E-state index contributed by atoms with van der Waals surface area (Å²) in [5.41, 5.74) is 5.23. The number of fused-ring (bicyclic) bond motifs is 1. The van der Waals surface area contributed by atoms with Crippen molar-refractivity contribution in [3.8, 4) is 5.75 Å². The molecule has 0 amide bonds. The Hall–Kier alpha value is -1.10. The third-order valence-corrected chi connectivity index (χ3v) is 2.54. The molecule has 0 fully saturated rings. The molecular formula is C11H15NO3. The fourth-order valence-electron chi connectivity index (χ4n) is 1.81. The van der Waals surface area contributed by atoms with Crippen molar-refractivity contribution < 1.29 is 14.9 Å². The highest BCUT2D eigenvalue weighted by Gasteiger charge is 2.41. The lowest BCUT2D eigenvalue weighted by Crippen LogP contribution is -2.45. The lowest BCUT2D eigenvalue weighted by Gasteiger charge is -2.26. The molecule has 1 aliphatic heterocycles. The molecule has 0 saturated carbocycles. The molecule has 3 N–H and O–H groups in total. The molecule has 0 radical (unpaired) electrons. The number of para-hydroxylation sites is 1. The zero-order valence-electron chi connectivity index (χ0n) is 8.64. The van der Waals surface area contributed by atoms with E-state index in [1.165, 1.54) is 0 Å². The van der Waals surface area contributed by atoms with Gasteiger partial charge in [0, 0.05) is 5.56 Å². The van der Waals surface area contributed by atoms with Crippen molar-refractivity contribution in [3.63, 3.8) is 0 Å². The lowest BCUT2D eigenvalue weighted by molar-refractivity contribution is -0.268. The third-order valence-electron chi connectivity index (χ3n) is 2.54. The Morgan fingerprint density at radius 3 is 2.93 bits per heavy atom. The lowest BCUT2D eigenvalue weighted by atomic mass is 9.95. The molecule has 82 valence electrons. The normalized spacial score (nSPS) is 23.0. The highest BCUT2D eigenvalue weighted by atomic mass is 17.2. The minimum absolute atomic E-state index is 0.468. The van der Waals surface area contributed by atoms with E-state index in [0.29, 0.717) is 12.2 Å². The summed E-state index contributed by atoms with van der Waals surface area (Å²) in [5, 5.41) is 10.0. The monoisotopic (exact) mass is 209 g/mol. The average molecular weight is 209 g/mol. The van der Waals surface area contributed by atoms with Crippen LogP contribution in [0.1, 0.15) is 31.4 Å². The predicted molar refractivity (Wildman–Crippen MR) is 54.9 cm³/mol. The first-order valence-electron chi connectivity index (χ1n) is 5.08. The Kier molecular flexibility index (Phi) is 2.65. The van der Waals surface area contributed by atoms with Crippen molar-refractivity contribution in [3.05, 3.63) is 29.8 Å². The molecule has 2 atom stereocenters. The van der Waals surface area contributed by atoms with Gasteiger partial charge in [0.2, 0.25) is 0 Å². The van der Waals surface area contributed by atoms with E-state index in [0.717, 1.165) is 12.0 Å². The topological polar surface area (TPSA) is 64.7 Å². The van der Waals surface area contributed by atoms with Crippen LogP contribution in [0.3, 0.4) is 0 Å². The molecule has 0 saturated heterocycles. The molecule has 1 aromatic rings. The van der Waals surface area contributed by atoms with Crippen LogP contribution >= 0.6 is 0 Å². The summed E-state index contributed by atoms with van der Waals surface area (Å²) in [7, 11) is 0. The van der Waals surface area contributed by atoms with E-state index in [2.05, 4.69) is 0 Å². The zero-order valence-corrected chi connectivity index (χ0v) is 8.64. The molecule has 1 aromatic carbocycles. The van der Waals surface area contributed by atoms with Crippen LogP contribution in [-0.4, -0.2) is 10.8 Å². The highest BCUT2D eigenvalue weighted by Crippen LogP contribution is 2.40. The molecule has 2 rings (SSSR count). The largest absolute Gasteiger partial charge is 0.373 e. The molecule has 0 spiro atoms. The van der Waals surface area contributed by atoms with Gasteiger partial charge in [-0.15, -0.1) is 0 Å². The number of hydrogen-bond acceptors (Lipinski definition) is 4. The van der Waals surface area contributed by atoms with Crippen molar-refractivity contribution in [2.75, 3.05) is 0 Å². The maximum absolute atomic E-state index is 10.0. The Morgan fingerprint density at radius 1 is 1.47 bits per heavy atom. The van der Waals surface area contributed by atoms with Gasteiger partial charge in [0.15, 0.2) is 11.9 Å². The van der Waals surface area contributed by atoms with Gasteiger partial charge in [-0.1, -0.05) is 31.5 Å². The molecule has 0 bridgehead atoms. The highest BCUT2D eigenvalue weighted by molar-refractivity contribution is 5.37. The van der Waals surface area contributed by atoms with Crippen molar-refractivity contribution in [2.24, 2.45) is 5.73 Å². The molecule has 0 aliphatic carbocycles. The summed E-state index contributed by atoms with van der Waals surface area (Å²) in [6.45, 7) is 1.96. The van der Waals surface area contributed by atoms with E-state index < -0.39 is 11.8 Å². The van der Waals surface area contributed by atoms with Gasteiger partial charge in [0.1, 0.15) is 5.72 Å². The number of rotatable bonds is 3. The summed E-state index contributed by atoms with van der Waals surface area (Å²) in [4.78, 5) is 10.1. The van der Waals surface area contributed by atoms with E-state index in [1.54, 1.807) is 6.07 Å².